The number of benzene rings is 2. The second kappa shape index (κ2) is 8.93. The van der Waals surface area contributed by atoms with Crippen LogP contribution in [0.4, 0.5) is 11.7 Å². The van der Waals surface area contributed by atoms with Crippen molar-refractivity contribution in [3.05, 3.63) is 54.4 Å². The standard InChI is InChI=1S/C26H28N6O2/c33-25(19-13-16-31(17-14-19)26-28-21-6-3-4-7-22(21)34-26)27-20-11-9-18(10-12-20)24-30-29-23-8-2-1-5-15-32(23)24/h3-4,6-7,9-12,19H,1-2,5,8,13-17H2,(H,27,33). The average Bonchev–Trinajstić information content (AvgIpc) is 3.42. The molecule has 34 heavy (non-hydrogen) atoms. The molecule has 0 radical (unpaired) electrons. The SMILES string of the molecule is O=C(Nc1ccc(-c2nnc3n2CCCCC3)cc1)C1CCN(c2nc3ccccc3o2)CC1. The van der Waals surface area contributed by atoms with Gasteiger partial charge in [-0.1, -0.05) is 18.6 Å². The van der Waals surface area contributed by atoms with Crippen molar-refractivity contribution in [3.8, 4) is 11.4 Å². The first kappa shape index (κ1) is 20.9. The monoisotopic (exact) mass is 456 g/mol. The van der Waals surface area contributed by atoms with E-state index in [2.05, 4.69) is 30.0 Å². The first-order chi connectivity index (χ1) is 16.7. The molecule has 4 heterocycles. The quantitative estimate of drug-likeness (QED) is 0.480. The third-order valence-electron chi connectivity index (χ3n) is 6.94. The molecular formula is C26H28N6O2. The number of para-hydroxylation sites is 2. The summed E-state index contributed by atoms with van der Waals surface area (Å²) in [6, 6.07) is 16.4. The van der Waals surface area contributed by atoms with Crippen molar-refractivity contribution in [2.45, 2.75) is 45.1 Å². The highest BCUT2D eigenvalue weighted by Gasteiger charge is 2.27. The van der Waals surface area contributed by atoms with Crippen LogP contribution in [-0.4, -0.2) is 38.7 Å². The van der Waals surface area contributed by atoms with Crippen molar-refractivity contribution in [2.24, 2.45) is 5.92 Å². The Morgan fingerprint density at radius 2 is 1.76 bits per heavy atom. The van der Waals surface area contributed by atoms with Gasteiger partial charge in [-0.15, -0.1) is 10.2 Å². The second-order valence-corrected chi connectivity index (χ2v) is 9.19. The van der Waals surface area contributed by atoms with Gasteiger partial charge in [0.15, 0.2) is 11.4 Å². The Morgan fingerprint density at radius 1 is 0.941 bits per heavy atom. The first-order valence-corrected chi connectivity index (χ1v) is 12.2. The van der Waals surface area contributed by atoms with Gasteiger partial charge in [0, 0.05) is 43.2 Å². The van der Waals surface area contributed by atoms with Crippen LogP contribution in [0.1, 0.15) is 37.9 Å². The van der Waals surface area contributed by atoms with Crippen LogP contribution in [-0.2, 0) is 17.8 Å². The molecule has 0 atom stereocenters. The van der Waals surface area contributed by atoms with E-state index in [9.17, 15) is 4.79 Å². The second-order valence-electron chi connectivity index (χ2n) is 9.19. The van der Waals surface area contributed by atoms with Crippen molar-refractivity contribution in [2.75, 3.05) is 23.3 Å². The Morgan fingerprint density at radius 3 is 2.59 bits per heavy atom. The largest absolute Gasteiger partial charge is 0.423 e. The fourth-order valence-corrected chi connectivity index (χ4v) is 4.97. The molecule has 8 heteroatoms. The molecule has 0 aliphatic carbocycles. The van der Waals surface area contributed by atoms with Gasteiger partial charge in [-0.2, -0.15) is 4.98 Å². The molecule has 0 unspecified atom stereocenters. The number of nitrogens with one attached hydrogen (secondary N) is 1. The molecule has 174 valence electrons. The molecule has 1 saturated heterocycles. The van der Waals surface area contributed by atoms with Crippen LogP contribution in [0.5, 0.6) is 0 Å². The maximum absolute atomic E-state index is 12.9. The van der Waals surface area contributed by atoms with E-state index < -0.39 is 0 Å². The number of amides is 1. The predicted molar refractivity (Wildman–Crippen MR) is 131 cm³/mol. The first-order valence-electron chi connectivity index (χ1n) is 12.2. The Labute approximate surface area is 198 Å². The zero-order valence-corrected chi connectivity index (χ0v) is 19.1. The van der Waals surface area contributed by atoms with E-state index >= 15 is 0 Å². The van der Waals surface area contributed by atoms with Crippen LogP contribution < -0.4 is 10.2 Å². The van der Waals surface area contributed by atoms with Gasteiger partial charge in [0.05, 0.1) is 0 Å². The molecule has 6 rings (SSSR count). The summed E-state index contributed by atoms with van der Waals surface area (Å²) in [4.78, 5) is 19.6. The van der Waals surface area contributed by atoms with Crippen molar-refractivity contribution in [1.82, 2.24) is 19.7 Å². The van der Waals surface area contributed by atoms with Crippen LogP contribution in [0.2, 0.25) is 0 Å². The molecule has 8 nitrogen and oxygen atoms in total. The third-order valence-corrected chi connectivity index (χ3v) is 6.94. The Kier molecular flexibility index (Phi) is 5.49. The highest BCUT2D eigenvalue weighted by Crippen LogP contribution is 2.28. The van der Waals surface area contributed by atoms with Crippen molar-refractivity contribution >= 4 is 28.7 Å². The van der Waals surface area contributed by atoms with Gasteiger partial charge in [0.1, 0.15) is 11.3 Å². The number of fused-ring (bicyclic) bond motifs is 2. The molecule has 1 fully saturated rings. The predicted octanol–water partition coefficient (Wildman–Crippen LogP) is 4.67. The van der Waals surface area contributed by atoms with Gasteiger partial charge >= 0.3 is 0 Å². The minimum Gasteiger partial charge on any atom is -0.423 e. The topological polar surface area (TPSA) is 89.1 Å². The number of hydrogen-bond donors (Lipinski definition) is 1. The molecule has 1 amide bonds. The highest BCUT2D eigenvalue weighted by molar-refractivity contribution is 5.93. The van der Waals surface area contributed by atoms with Crippen LogP contribution in [0.25, 0.3) is 22.5 Å². The van der Waals surface area contributed by atoms with Gasteiger partial charge in [-0.05, 0) is 62.1 Å². The maximum atomic E-state index is 12.9. The molecule has 2 aliphatic heterocycles. The van der Waals surface area contributed by atoms with Gasteiger partial charge in [-0.25, -0.2) is 0 Å². The van der Waals surface area contributed by atoms with Crippen LogP contribution >= 0.6 is 0 Å². The number of piperidine rings is 1. The van der Waals surface area contributed by atoms with E-state index in [0.29, 0.717) is 6.01 Å². The van der Waals surface area contributed by atoms with E-state index in [0.717, 1.165) is 79.3 Å². The molecular weight excluding hydrogens is 428 g/mol. The number of oxazole rings is 1. The van der Waals surface area contributed by atoms with Crippen molar-refractivity contribution in [1.29, 1.82) is 0 Å². The van der Waals surface area contributed by atoms with Gasteiger partial charge in [0.2, 0.25) is 5.91 Å². The summed E-state index contributed by atoms with van der Waals surface area (Å²) in [6.07, 6.45) is 6.12. The summed E-state index contributed by atoms with van der Waals surface area (Å²) in [5.41, 5.74) is 3.50. The lowest BCUT2D eigenvalue weighted by Gasteiger charge is -2.30. The molecule has 4 aromatic rings. The number of aryl methyl sites for hydroxylation is 1. The lowest BCUT2D eigenvalue weighted by atomic mass is 9.96. The number of nitrogens with zero attached hydrogens (tertiary/aromatic N) is 5. The van der Waals surface area contributed by atoms with Gasteiger partial charge in [-0.3, -0.25) is 4.79 Å². The summed E-state index contributed by atoms with van der Waals surface area (Å²) in [6.45, 7) is 2.47. The summed E-state index contributed by atoms with van der Waals surface area (Å²) >= 11 is 0. The molecule has 0 saturated carbocycles. The number of rotatable bonds is 4. The van der Waals surface area contributed by atoms with E-state index in [-0.39, 0.29) is 11.8 Å². The lowest BCUT2D eigenvalue weighted by molar-refractivity contribution is -0.120. The van der Waals surface area contributed by atoms with E-state index in [1.807, 2.05) is 48.5 Å². The normalized spacial score (nSPS) is 16.9. The zero-order chi connectivity index (χ0) is 22.9. The summed E-state index contributed by atoms with van der Waals surface area (Å²) < 4.78 is 8.13. The highest BCUT2D eigenvalue weighted by atomic mass is 16.4. The summed E-state index contributed by atoms with van der Waals surface area (Å²) in [7, 11) is 0. The number of aromatic nitrogens is 4. The Balaban J connectivity index is 1.07. The van der Waals surface area contributed by atoms with Gasteiger partial charge < -0.3 is 19.2 Å². The van der Waals surface area contributed by atoms with Crippen LogP contribution in [0.15, 0.2) is 52.9 Å². The number of anilines is 2. The fraction of sp³-hybridized carbons (Fsp3) is 0.385. The Bertz CT molecular complexity index is 1270. The molecule has 1 N–H and O–H groups in total. The minimum absolute atomic E-state index is 0.0208. The smallest absolute Gasteiger partial charge is 0.298 e. The maximum Gasteiger partial charge on any atom is 0.298 e. The molecule has 2 aromatic carbocycles. The number of hydrogen-bond acceptors (Lipinski definition) is 6. The minimum atomic E-state index is -0.0208. The third kappa shape index (κ3) is 4.04. The number of carbonyl (C=O) groups is 1. The van der Waals surface area contributed by atoms with Crippen molar-refractivity contribution in [3.63, 3.8) is 0 Å². The summed E-state index contributed by atoms with van der Waals surface area (Å²) in [5.74, 6) is 2.05. The molecule has 0 spiro atoms. The summed E-state index contributed by atoms with van der Waals surface area (Å²) in [5, 5.41) is 11.9. The van der Waals surface area contributed by atoms with Crippen LogP contribution in [0, 0.1) is 5.92 Å². The molecule has 0 bridgehead atoms. The van der Waals surface area contributed by atoms with E-state index in [4.69, 9.17) is 4.42 Å². The van der Waals surface area contributed by atoms with Gasteiger partial charge in [0.25, 0.3) is 6.01 Å². The Hall–Kier alpha value is -3.68. The van der Waals surface area contributed by atoms with E-state index in [1.54, 1.807) is 0 Å². The van der Waals surface area contributed by atoms with E-state index in [1.165, 1.54) is 12.8 Å². The molecule has 2 aliphatic rings. The van der Waals surface area contributed by atoms with Crippen LogP contribution in [0.3, 0.4) is 0 Å². The average molecular weight is 457 g/mol. The lowest BCUT2D eigenvalue weighted by Crippen LogP contribution is -2.38. The molecule has 2 aromatic heterocycles. The fourth-order valence-electron chi connectivity index (χ4n) is 4.97. The van der Waals surface area contributed by atoms with Crippen molar-refractivity contribution < 1.29 is 9.21 Å². The number of carbonyl (C=O) groups excluding carboxylic acids is 1. The zero-order valence-electron chi connectivity index (χ0n) is 19.1.